The maximum atomic E-state index is 13.4. The van der Waals surface area contributed by atoms with Gasteiger partial charge in [0.1, 0.15) is 28.9 Å². The molecule has 0 N–H and O–H groups in total. The van der Waals surface area contributed by atoms with E-state index in [4.69, 9.17) is 9.47 Å². The molecular weight excluding hydrogens is 381 g/mol. The number of aromatic nitrogens is 5. The van der Waals surface area contributed by atoms with Gasteiger partial charge in [-0.15, -0.1) is 21.5 Å². The van der Waals surface area contributed by atoms with Crippen molar-refractivity contribution in [3.05, 3.63) is 59.4 Å². The van der Waals surface area contributed by atoms with Crippen LogP contribution in [0.4, 0.5) is 4.39 Å². The molecule has 2 aromatic carbocycles. The van der Waals surface area contributed by atoms with E-state index in [9.17, 15) is 4.39 Å². The van der Waals surface area contributed by atoms with Crippen LogP contribution in [0.3, 0.4) is 0 Å². The van der Waals surface area contributed by atoms with Crippen molar-refractivity contribution < 1.29 is 13.9 Å². The molecule has 0 aliphatic rings. The summed E-state index contributed by atoms with van der Waals surface area (Å²) in [5, 5.41) is 15.1. The van der Waals surface area contributed by atoms with Gasteiger partial charge in [0.15, 0.2) is 0 Å². The van der Waals surface area contributed by atoms with Gasteiger partial charge < -0.3 is 9.47 Å². The summed E-state index contributed by atoms with van der Waals surface area (Å²) in [5.41, 5.74) is 2.25. The van der Waals surface area contributed by atoms with Crippen LogP contribution in [-0.4, -0.2) is 39.4 Å². The zero-order valence-electron chi connectivity index (χ0n) is 15.2. The third-order valence-corrected chi connectivity index (χ3v) is 4.95. The average molecular weight is 397 g/mol. The minimum Gasteiger partial charge on any atom is -0.497 e. The number of hydrogen-bond donors (Lipinski definition) is 0. The lowest BCUT2D eigenvalue weighted by Gasteiger charge is -2.08. The molecule has 0 amide bonds. The Morgan fingerprint density at radius 2 is 2.00 bits per heavy atom. The summed E-state index contributed by atoms with van der Waals surface area (Å²) < 4.78 is 24.0. The number of tetrazole rings is 1. The van der Waals surface area contributed by atoms with Gasteiger partial charge in [-0.25, -0.2) is 9.37 Å². The van der Waals surface area contributed by atoms with E-state index >= 15 is 0 Å². The molecular formula is C19H16FN5O2S. The molecule has 4 aromatic rings. The van der Waals surface area contributed by atoms with E-state index in [1.54, 1.807) is 26.4 Å². The van der Waals surface area contributed by atoms with Gasteiger partial charge in [-0.3, -0.25) is 0 Å². The monoisotopic (exact) mass is 397 g/mol. The third-order valence-electron chi connectivity index (χ3n) is 4.03. The second-order valence-electron chi connectivity index (χ2n) is 5.86. The lowest BCUT2D eigenvalue weighted by atomic mass is 10.2. The molecule has 0 fully saturated rings. The Morgan fingerprint density at radius 1 is 1.11 bits per heavy atom. The zero-order chi connectivity index (χ0) is 19.5. The molecule has 28 heavy (non-hydrogen) atoms. The first kappa shape index (κ1) is 18.1. The van der Waals surface area contributed by atoms with E-state index < -0.39 is 0 Å². The molecule has 9 heteroatoms. The Labute approximate surface area is 164 Å². The second-order valence-corrected chi connectivity index (χ2v) is 6.72. The minimum atomic E-state index is -0.341. The van der Waals surface area contributed by atoms with Crippen LogP contribution in [0.2, 0.25) is 0 Å². The van der Waals surface area contributed by atoms with E-state index in [-0.39, 0.29) is 5.82 Å². The van der Waals surface area contributed by atoms with Crippen LogP contribution in [0.15, 0.2) is 47.8 Å². The number of halogens is 1. The van der Waals surface area contributed by atoms with Crippen molar-refractivity contribution in [3.8, 4) is 33.5 Å². The summed E-state index contributed by atoms with van der Waals surface area (Å²) >= 11 is 1.50. The van der Waals surface area contributed by atoms with E-state index in [1.807, 2.05) is 23.6 Å². The molecule has 0 aliphatic carbocycles. The number of thiazole rings is 1. The number of rotatable bonds is 6. The highest BCUT2D eigenvalue weighted by Gasteiger charge is 2.13. The fourth-order valence-corrected chi connectivity index (χ4v) is 3.52. The molecule has 0 aliphatic heterocycles. The van der Waals surface area contributed by atoms with Gasteiger partial charge in [0.2, 0.25) is 5.82 Å². The molecule has 4 rings (SSSR count). The summed E-state index contributed by atoms with van der Waals surface area (Å²) in [6.07, 6.45) is 0. The number of benzene rings is 2. The quantitative estimate of drug-likeness (QED) is 0.494. The van der Waals surface area contributed by atoms with E-state index in [2.05, 4.69) is 20.4 Å². The number of nitrogens with zero attached hydrogens (tertiary/aromatic N) is 5. The molecule has 0 saturated carbocycles. The highest BCUT2D eigenvalue weighted by Crippen LogP contribution is 2.35. The SMILES string of the molecule is COc1ccc(-c2nc(Cn3nnc(-c4cccc(F)c4)n3)cs2)c(OC)c1. The maximum absolute atomic E-state index is 13.4. The Balaban J connectivity index is 1.55. The topological polar surface area (TPSA) is 75.0 Å². The molecule has 0 unspecified atom stereocenters. The molecule has 0 bridgehead atoms. The summed E-state index contributed by atoms with van der Waals surface area (Å²) in [6.45, 7) is 0.358. The van der Waals surface area contributed by atoms with Crippen LogP contribution in [0.1, 0.15) is 5.69 Å². The van der Waals surface area contributed by atoms with Gasteiger partial charge >= 0.3 is 0 Å². The first-order valence-electron chi connectivity index (χ1n) is 8.37. The first-order valence-corrected chi connectivity index (χ1v) is 9.25. The molecule has 0 spiro atoms. The predicted octanol–water partition coefficient (Wildman–Crippen LogP) is 3.67. The standard InChI is InChI=1S/C19H16FN5O2S/c1-26-15-6-7-16(17(9-15)27-2)19-21-14(11-28-19)10-25-23-18(22-24-25)12-4-3-5-13(20)8-12/h3-9,11H,10H2,1-2H3. The van der Waals surface area contributed by atoms with Gasteiger partial charge in [0.25, 0.3) is 0 Å². The maximum Gasteiger partial charge on any atom is 0.205 e. The third kappa shape index (κ3) is 3.70. The summed E-state index contributed by atoms with van der Waals surface area (Å²) in [6, 6.07) is 11.7. The minimum absolute atomic E-state index is 0.341. The number of ether oxygens (including phenoxy) is 2. The fourth-order valence-electron chi connectivity index (χ4n) is 2.68. The van der Waals surface area contributed by atoms with Crippen LogP contribution in [0, 0.1) is 5.82 Å². The van der Waals surface area contributed by atoms with Gasteiger partial charge in [0.05, 0.1) is 25.5 Å². The van der Waals surface area contributed by atoms with Crippen LogP contribution < -0.4 is 9.47 Å². The molecule has 0 radical (unpaired) electrons. The molecule has 7 nitrogen and oxygen atoms in total. The lowest BCUT2D eigenvalue weighted by molar-refractivity contribution is 0.395. The van der Waals surface area contributed by atoms with Crippen molar-refractivity contribution in [2.24, 2.45) is 0 Å². The van der Waals surface area contributed by atoms with Crippen molar-refractivity contribution in [1.29, 1.82) is 0 Å². The second kappa shape index (κ2) is 7.73. The highest BCUT2D eigenvalue weighted by atomic mass is 32.1. The van der Waals surface area contributed by atoms with Crippen molar-refractivity contribution >= 4 is 11.3 Å². The summed E-state index contributed by atoms with van der Waals surface area (Å²) in [7, 11) is 3.22. The van der Waals surface area contributed by atoms with E-state index in [1.165, 1.54) is 28.3 Å². The van der Waals surface area contributed by atoms with E-state index in [0.29, 0.717) is 29.4 Å². The van der Waals surface area contributed by atoms with Gasteiger partial charge in [-0.1, -0.05) is 12.1 Å². The van der Waals surface area contributed by atoms with Crippen LogP contribution in [0.25, 0.3) is 22.0 Å². The molecule has 142 valence electrons. The van der Waals surface area contributed by atoms with E-state index in [0.717, 1.165) is 16.3 Å². The van der Waals surface area contributed by atoms with Crippen molar-refractivity contribution in [3.63, 3.8) is 0 Å². The van der Waals surface area contributed by atoms with Crippen molar-refractivity contribution in [1.82, 2.24) is 25.2 Å². The number of hydrogen-bond acceptors (Lipinski definition) is 7. The van der Waals surface area contributed by atoms with Gasteiger partial charge in [-0.2, -0.15) is 4.80 Å². The molecule has 2 heterocycles. The Hall–Kier alpha value is -3.33. The van der Waals surface area contributed by atoms with Crippen LogP contribution in [-0.2, 0) is 6.54 Å². The van der Waals surface area contributed by atoms with Crippen LogP contribution in [0.5, 0.6) is 11.5 Å². The normalized spacial score (nSPS) is 10.8. The smallest absolute Gasteiger partial charge is 0.205 e. The van der Waals surface area contributed by atoms with Crippen molar-refractivity contribution in [2.75, 3.05) is 14.2 Å². The first-order chi connectivity index (χ1) is 13.7. The van der Waals surface area contributed by atoms with Gasteiger partial charge in [0, 0.05) is 17.0 Å². The Kier molecular flexibility index (Phi) is 4.98. The number of methoxy groups -OCH3 is 2. The lowest BCUT2D eigenvalue weighted by Crippen LogP contribution is -2.04. The molecule has 2 aromatic heterocycles. The predicted molar refractivity (Wildman–Crippen MR) is 103 cm³/mol. The van der Waals surface area contributed by atoms with Gasteiger partial charge in [-0.05, 0) is 29.5 Å². The summed E-state index contributed by atoms with van der Waals surface area (Å²) in [5.74, 6) is 1.43. The van der Waals surface area contributed by atoms with Crippen LogP contribution >= 0.6 is 11.3 Å². The largest absolute Gasteiger partial charge is 0.497 e. The Morgan fingerprint density at radius 3 is 2.79 bits per heavy atom. The zero-order valence-corrected chi connectivity index (χ0v) is 16.0. The summed E-state index contributed by atoms with van der Waals surface area (Å²) in [4.78, 5) is 6.08. The molecule has 0 atom stereocenters. The highest BCUT2D eigenvalue weighted by molar-refractivity contribution is 7.13. The Bertz CT molecular complexity index is 1110. The van der Waals surface area contributed by atoms with Crippen molar-refractivity contribution in [2.45, 2.75) is 6.54 Å². The molecule has 0 saturated heterocycles. The average Bonchev–Trinajstić information content (AvgIpc) is 3.37. The fraction of sp³-hybridized carbons (Fsp3) is 0.158.